The number of benzene rings is 17. The van der Waals surface area contributed by atoms with Crippen molar-refractivity contribution in [2.24, 2.45) is 0 Å². The molecule has 132 heavy (non-hydrogen) atoms. The molecule has 17 aromatic carbocycles. The normalized spacial score (nSPS) is 11.6. The third-order valence-corrected chi connectivity index (χ3v) is 25.8. The maximum absolute atomic E-state index is 5.13. The minimum absolute atomic E-state index is 0.571. The Morgan fingerprint density at radius 1 is 0.167 bits per heavy atom. The van der Waals surface area contributed by atoms with E-state index < -0.39 is 0 Å². The topological polar surface area (TPSA) is 107 Å². The molecule has 0 amide bonds. The molecular weight excluding hydrogens is 1610 g/mol. The van der Waals surface area contributed by atoms with Gasteiger partial charge in [-0.25, -0.2) is 15.0 Å². The summed E-state index contributed by atoms with van der Waals surface area (Å²) in [6, 6.07) is 158. The van der Waals surface area contributed by atoms with E-state index in [2.05, 4.69) is 410 Å². The molecule has 0 saturated carbocycles. The Hall–Kier alpha value is -18.0. The smallest absolute Gasteiger partial charge is 0.238 e. The van der Waals surface area contributed by atoms with Crippen LogP contribution in [-0.2, 0) is 0 Å². The molecule has 0 N–H and O–H groups in total. The Kier molecular flexibility index (Phi) is 18.6. The van der Waals surface area contributed by atoms with Crippen LogP contribution in [-0.4, -0.2) is 57.3 Å². The van der Waals surface area contributed by atoms with E-state index in [1.165, 1.54) is 92.9 Å². The largest absolute Gasteiger partial charge is 0.309 e. The van der Waals surface area contributed by atoms with Crippen molar-refractivity contribution in [3.05, 3.63) is 474 Å². The SMILES string of the molecule is c1ccc(-c2ccc(-n3c4ccccc4c4ccc(-c5ccnc6c5c5ccccc5n6-c5ccccc5)cc43)cc2)cc1.c1ccc(-c2nc(-c3ccccc3)nc(-n3c4ccccc4c4ccc(-c5ccnc6c5c5ccccc5n6-c5ccccc5)cc43)n2)cc1.c1ccc(-n2c3ccccc3c3ccc(-c4cncc5c4c4ccccc4n5-c4ccccc4)cc32)cc1. The molecule has 0 radical (unpaired) electrons. The fraction of sp³-hybridized carbons (Fsp3) is 0. The molecule has 12 nitrogen and oxygen atoms in total. The van der Waals surface area contributed by atoms with Crippen molar-refractivity contribution in [2.45, 2.75) is 0 Å². The second-order valence-corrected chi connectivity index (χ2v) is 33.3. The third kappa shape index (κ3) is 12.9. The minimum atomic E-state index is 0.571. The van der Waals surface area contributed by atoms with Gasteiger partial charge in [0.25, 0.3) is 0 Å². The van der Waals surface area contributed by atoms with Crippen LogP contribution in [0.15, 0.2) is 474 Å². The number of nitrogens with zero attached hydrogens (tertiary/aromatic N) is 12. The molecular formula is C120H78N12. The highest BCUT2D eigenvalue weighted by atomic mass is 15.2. The molecule has 10 aromatic heterocycles. The van der Waals surface area contributed by atoms with Gasteiger partial charge < -0.3 is 13.7 Å². The van der Waals surface area contributed by atoms with Crippen molar-refractivity contribution in [2.75, 3.05) is 0 Å². The Bertz CT molecular complexity index is 9060. The lowest BCUT2D eigenvalue weighted by atomic mass is 10.00. The summed E-state index contributed by atoms with van der Waals surface area (Å²) >= 11 is 0. The van der Waals surface area contributed by atoms with E-state index in [0.717, 1.165) is 122 Å². The number of para-hydroxylation sites is 10. The van der Waals surface area contributed by atoms with E-state index in [1.54, 1.807) is 0 Å². The first-order valence-corrected chi connectivity index (χ1v) is 44.5. The summed E-state index contributed by atoms with van der Waals surface area (Å²) < 4.78 is 13.8. The van der Waals surface area contributed by atoms with Gasteiger partial charge in [-0.2, -0.15) is 9.97 Å². The summed E-state index contributed by atoms with van der Waals surface area (Å²) in [6.07, 6.45) is 7.87. The Morgan fingerprint density at radius 3 is 0.856 bits per heavy atom. The first-order valence-electron chi connectivity index (χ1n) is 44.5. The van der Waals surface area contributed by atoms with Crippen LogP contribution < -0.4 is 0 Å². The average molecular weight is 1690 g/mol. The maximum atomic E-state index is 5.13. The van der Waals surface area contributed by atoms with Crippen LogP contribution in [0, 0.1) is 0 Å². The molecule has 27 aromatic rings. The monoisotopic (exact) mass is 1690 g/mol. The number of hydrogen-bond donors (Lipinski definition) is 0. The van der Waals surface area contributed by atoms with Crippen molar-refractivity contribution in [3.8, 4) is 102 Å². The van der Waals surface area contributed by atoms with Crippen molar-refractivity contribution in [3.63, 3.8) is 0 Å². The number of rotatable bonds is 12. The molecule has 618 valence electrons. The molecule has 0 fully saturated rings. The molecule has 12 heteroatoms. The third-order valence-electron chi connectivity index (χ3n) is 25.8. The van der Waals surface area contributed by atoms with Crippen molar-refractivity contribution in [1.29, 1.82) is 0 Å². The molecule has 0 saturated heterocycles. The highest BCUT2D eigenvalue weighted by molar-refractivity contribution is 6.20. The van der Waals surface area contributed by atoms with E-state index in [-0.39, 0.29) is 0 Å². The highest BCUT2D eigenvalue weighted by Crippen LogP contribution is 2.46. The van der Waals surface area contributed by atoms with Crippen molar-refractivity contribution >= 4 is 131 Å². The number of aromatic nitrogens is 12. The zero-order valence-corrected chi connectivity index (χ0v) is 71.4. The van der Waals surface area contributed by atoms with Gasteiger partial charge in [-0.05, 0) is 166 Å². The molecule has 0 aliphatic rings. The van der Waals surface area contributed by atoms with Gasteiger partial charge in [-0.15, -0.1) is 0 Å². The van der Waals surface area contributed by atoms with Crippen LogP contribution in [0.25, 0.3) is 233 Å². The van der Waals surface area contributed by atoms with Crippen LogP contribution in [0.5, 0.6) is 0 Å². The summed E-state index contributed by atoms with van der Waals surface area (Å²) in [7, 11) is 0. The first kappa shape index (κ1) is 76.4. The van der Waals surface area contributed by atoms with Crippen molar-refractivity contribution < 1.29 is 0 Å². The molecule has 0 spiro atoms. The quantitative estimate of drug-likeness (QED) is 0.121. The van der Waals surface area contributed by atoms with Gasteiger partial charge in [0.2, 0.25) is 5.95 Å². The summed E-state index contributed by atoms with van der Waals surface area (Å²) in [5.41, 5.74) is 30.1. The van der Waals surface area contributed by atoms with Crippen LogP contribution in [0.2, 0.25) is 0 Å². The van der Waals surface area contributed by atoms with Crippen LogP contribution in [0.1, 0.15) is 0 Å². The maximum Gasteiger partial charge on any atom is 0.238 e. The zero-order valence-electron chi connectivity index (χ0n) is 71.4. The number of hydrogen-bond acceptors (Lipinski definition) is 6. The van der Waals surface area contributed by atoms with Crippen LogP contribution >= 0.6 is 0 Å². The molecule has 0 unspecified atom stereocenters. The lowest BCUT2D eigenvalue weighted by molar-refractivity contribution is 0.953. The van der Waals surface area contributed by atoms with Gasteiger partial charge in [0.15, 0.2) is 11.6 Å². The molecule has 0 aliphatic heterocycles. The van der Waals surface area contributed by atoms with Gasteiger partial charge in [0, 0.05) is 128 Å². The molecule has 0 atom stereocenters. The van der Waals surface area contributed by atoms with Gasteiger partial charge in [-0.3, -0.25) is 18.7 Å². The van der Waals surface area contributed by atoms with Gasteiger partial charge >= 0.3 is 0 Å². The Labute approximate surface area is 758 Å². The van der Waals surface area contributed by atoms with Gasteiger partial charge in [-0.1, -0.05) is 322 Å². The summed E-state index contributed by atoms with van der Waals surface area (Å²) in [6.45, 7) is 0. The minimum Gasteiger partial charge on any atom is -0.309 e. The predicted octanol–water partition coefficient (Wildman–Crippen LogP) is 30.0. The van der Waals surface area contributed by atoms with Gasteiger partial charge in [0.05, 0.1) is 61.4 Å². The van der Waals surface area contributed by atoms with Crippen LogP contribution in [0.4, 0.5) is 0 Å². The van der Waals surface area contributed by atoms with E-state index in [4.69, 9.17) is 29.9 Å². The Balaban J connectivity index is 0.000000107. The fourth-order valence-electron chi connectivity index (χ4n) is 20.0. The standard InChI is InChI=1S/C44H28N6.C41H27N3.C35H23N3/c1-4-14-29(15-5-1)41-46-42(30-16-6-2-7-17-30)48-44(47-41)50-37-22-12-10-20-34(37)35-25-24-31(28-39(35)50)33-26-27-45-43-40(33)36-21-11-13-23-38(36)49(43)32-18-8-3-9-19-32;1-3-11-28(12-4-1)29-19-22-32(23-20-29)43-37-17-9-7-15-34(37)35-24-21-30(27-39(35)43)33-25-26-42-41-40(33)36-16-8-10-18-38(36)44(41)31-13-5-2-6-14-31;1-3-11-25(12-4-1)37-31-17-9-7-15-27(31)28-20-19-24(21-33(28)37)30-22-36-23-34-35(30)29-16-8-10-18-32(29)38(34)26-13-5-2-6-14-26/h1-28H;1-27H;1-23H. The molecule has 10 heterocycles. The summed E-state index contributed by atoms with van der Waals surface area (Å²) in [5.74, 6) is 1.82. The number of fused-ring (bicyclic) bond motifs is 18. The zero-order chi connectivity index (χ0) is 87.1. The highest BCUT2D eigenvalue weighted by Gasteiger charge is 2.26. The van der Waals surface area contributed by atoms with Crippen molar-refractivity contribution in [1.82, 2.24) is 57.3 Å². The predicted molar refractivity (Wildman–Crippen MR) is 545 cm³/mol. The fourth-order valence-corrected chi connectivity index (χ4v) is 20.0. The summed E-state index contributed by atoms with van der Waals surface area (Å²) in [4.78, 5) is 29.8. The Morgan fingerprint density at radius 2 is 0.447 bits per heavy atom. The van der Waals surface area contributed by atoms with Crippen LogP contribution in [0.3, 0.4) is 0 Å². The average Bonchev–Trinajstić information content (AvgIpc) is 1.58. The van der Waals surface area contributed by atoms with E-state index in [0.29, 0.717) is 17.6 Å². The lowest BCUT2D eigenvalue weighted by Gasteiger charge is -2.11. The summed E-state index contributed by atoms with van der Waals surface area (Å²) in [5, 5.41) is 14.4. The number of pyridine rings is 3. The lowest BCUT2D eigenvalue weighted by Crippen LogP contribution is -2.06. The molecule has 0 aliphatic carbocycles. The molecule has 27 rings (SSSR count). The second-order valence-electron chi connectivity index (χ2n) is 33.3. The van der Waals surface area contributed by atoms with E-state index in [1.807, 2.05) is 91.5 Å². The van der Waals surface area contributed by atoms with E-state index in [9.17, 15) is 0 Å². The molecule has 0 bridgehead atoms. The second kappa shape index (κ2) is 32.1. The first-order chi connectivity index (χ1) is 65.5. The van der Waals surface area contributed by atoms with E-state index >= 15 is 0 Å². The van der Waals surface area contributed by atoms with Gasteiger partial charge in [0.1, 0.15) is 11.3 Å².